The Morgan fingerprint density at radius 2 is 1.88 bits per heavy atom. The van der Waals surface area contributed by atoms with Crippen LogP contribution >= 0.6 is 0 Å². The van der Waals surface area contributed by atoms with Crippen LogP contribution < -0.4 is 5.32 Å². The first-order valence-electron chi connectivity index (χ1n) is 9.74. The van der Waals surface area contributed by atoms with Crippen molar-refractivity contribution < 1.29 is 4.79 Å². The van der Waals surface area contributed by atoms with Gasteiger partial charge in [-0.1, -0.05) is 31.4 Å². The van der Waals surface area contributed by atoms with Gasteiger partial charge in [-0.2, -0.15) is 0 Å². The van der Waals surface area contributed by atoms with Crippen LogP contribution in [0.5, 0.6) is 0 Å². The smallest absolute Gasteiger partial charge is 0.224 e. The third-order valence-corrected chi connectivity index (χ3v) is 5.57. The molecule has 4 heteroatoms. The molecule has 0 atom stereocenters. The summed E-state index contributed by atoms with van der Waals surface area (Å²) in [4.78, 5) is 17.0. The van der Waals surface area contributed by atoms with E-state index in [1.165, 1.54) is 50.8 Å². The van der Waals surface area contributed by atoms with Gasteiger partial charge in [-0.3, -0.25) is 4.79 Å². The lowest BCUT2D eigenvalue weighted by Gasteiger charge is -2.20. The topological polar surface area (TPSA) is 46.9 Å². The standard InChI is InChI=1S/C21H27N3O/c25-21(14-16-6-2-1-3-7-16)22-18-11-9-17(10-12-18)19-15-24-13-5-4-8-20(24)23-19/h9-12,15-16H,1-8,13-14H2,(H,22,25). The molecular formula is C21H27N3O. The molecule has 1 aromatic heterocycles. The van der Waals surface area contributed by atoms with Crippen molar-refractivity contribution in [2.45, 2.75) is 64.3 Å². The molecule has 0 saturated heterocycles. The summed E-state index contributed by atoms with van der Waals surface area (Å²) in [6, 6.07) is 8.11. The van der Waals surface area contributed by atoms with E-state index in [4.69, 9.17) is 4.98 Å². The highest BCUT2D eigenvalue weighted by atomic mass is 16.1. The number of nitrogens with zero attached hydrogens (tertiary/aromatic N) is 2. The van der Waals surface area contributed by atoms with Gasteiger partial charge < -0.3 is 9.88 Å². The van der Waals surface area contributed by atoms with E-state index in [2.05, 4.69) is 28.2 Å². The SMILES string of the molecule is O=C(CC1CCCCC1)Nc1ccc(-c2cn3c(n2)CCCC3)cc1. The predicted molar refractivity (Wildman–Crippen MR) is 100 cm³/mol. The highest BCUT2D eigenvalue weighted by molar-refractivity contribution is 5.91. The molecule has 0 bridgehead atoms. The van der Waals surface area contributed by atoms with Crippen LogP contribution in [0.2, 0.25) is 0 Å². The highest BCUT2D eigenvalue weighted by Crippen LogP contribution is 2.27. The molecular weight excluding hydrogens is 310 g/mol. The van der Waals surface area contributed by atoms with Gasteiger partial charge in [0.15, 0.2) is 0 Å². The maximum atomic E-state index is 12.2. The number of aryl methyl sites for hydroxylation is 2. The van der Waals surface area contributed by atoms with Crippen molar-refractivity contribution in [1.82, 2.24) is 9.55 Å². The van der Waals surface area contributed by atoms with Gasteiger partial charge in [0.25, 0.3) is 0 Å². The van der Waals surface area contributed by atoms with Gasteiger partial charge in [0.05, 0.1) is 5.69 Å². The number of carbonyl (C=O) groups excluding carboxylic acids is 1. The molecule has 1 fully saturated rings. The first kappa shape index (κ1) is 16.4. The number of hydrogen-bond acceptors (Lipinski definition) is 2. The molecule has 25 heavy (non-hydrogen) atoms. The summed E-state index contributed by atoms with van der Waals surface area (Å²) in [6.07, 6.45) is 12.7. The van der Waals surface area contributed by atoms with E-state index in [-0.39, 0.29) is 5.91 Å². The normalized spacial score (nSPS) is 17.9. The number of rotatable bonds is 4. The van der Waals surface area contributed by atoms with Crippen molar-refractivity contribution in [3.05, 3.63) is 36.3 Å². The zero-order valence-corrected chi connectivity index (χ0v) is 14.8. The minimum absolute atomic E-state index is 0.150. The summed E-state index contributed by atoms with van der Waals surface area (Å²) < 4.78 is 2.28. The van der Waals surface area contributed by atoms with E-state index in [1.807, 2.05) is 12.1 Å². The second-order valence-corrected chi connectivity index (χ2v) is 7.53. The first-order valence-corrected chi connectivity index (χ1v) is 9.74. The van der Waals surface area contributed by atoms with E-state index in [9.17, 15) is 4.79 Å². The van der Waals surface area contributed by atoms with Crippen LogP contribution in [0.15, 0.2) is 30.5 Å². The molecule has 0 spiro atoms. The molecule has 0 radical (unpaired) electrons. The molecule has 4 rings (SSSR count). The van der Waals surface area contributed by atoms with Crippen molar-refractivity contribution >= 4 is 11.6 Å². The van der Waals surface area contributed by atoms with Gasteiger partial charge in [0, 0.05) is 36.8 Å². The molecule has 1 aliphatic heterocycles. The number of imidazole rings is 1. The number of carbonyl (C=O) groups is 1. The molecule has 1 N–H and O–H groups in total. The zero-order chi connectivity index (χ0) is 17.1. The Morgan fingerprint density at radius 1 is 1.08 bits per heavy atom. The maximum Gasteiger partial charge on any atom is 0.224 e. The van der Waals surface area contributed by atoms with Crippen LogP contribution in [-0.4, -0.2) is 15.5 Å². The van der Waals surface area contributed by atoms with Crippen LogP contribution in [0.1, 0.15) is 57.2 Å². The van der Waals surface area contributed by atoms with Gasteiger partial charge in [-0.15, -0.1) is 0 Å². The number of nitrogens with one attached hydrogen (secondary N) is 1. The van der Waals surface area contributed by atoms with Gasteiger partial charge in [0.1, 0.15) is 5.82 Å². The minimum atomic E-state index is 0.150. The number of hydrogen-bond donors (Lipinski definition) is 1. The van der Waals surface area contributed by atoms with E-state index in [0.29, 0.717) is 12.3 Å². The van der Waals surface area contributed by atoms with Crippen molar-refractivity contribution in [1.29, 1.82) is 0 Å². The van der Waals surface area contributed by atoms with Gasteiger partial charge in [-0.25, -0.2) is 4.98 Å². The Hall–Kier alpha value is -2.10. The van der Waals surface area contributed by atoms with E-state index < -0.39 is 0 Å². The third-order valence-electron chi connectivity index (χ3n) is 5.57. The van der Waals surface area contributed by atoms with E-state index in [0.717, 1.165) is 29.9 Å². The fraction of sp³-hybridized carbons (Fsp3) is 0.524. The molecule has 1 aromatic carbocycles. The first-order chi connectivity index (χ1) is 12.3. The predicted octanol–water partition coefficient (Wildman–Crippen LogP) is 4.80. The zero-order valence-electron chi connectivity index (χ0n) is 14.8. The summed E-state index contributed by atoms with van der Waals surface area (Å²) >= 11 is 0. The molecule has 2 heterocycles. The van der Waals surface area contributed by atoms with Crippen LogP contribution in [-0.2, 0) is 17.8 Å². The maximum absolute atomic E-state index is 12.2. The number of fused-ring (bicyclic) bond motifs is 1. The Balaban J connectivity index is 1.38. The molecule has 2 aromatic rings. The average Bonchev–Trinajstić information content (AvgIpc) is 3.07. The quantitative estimate of drug-likeness (QED) is 0.871. The summed E-state index contributed by atoms with van der Waals surface area (Å²) in [7, 11) is 0. The average molecular weight is 337 g/mol. The van der Waals surface area contributed by atoms with Gasteiger partial charge >= 0.3 is 0 Å². The second kappa shape index (κ2) is 7.42. The highest BCUT2D eigenvalue weighted by Gasteiger charge is 2.17. The second-order valence-electron chi connectivity index (χ2n) is 7.53. The summed E-state index contributed by atoms with van der Waals surface area (Å²) in [5, 5.41) is 3.05. The lowest BCUT2D eigenvalue weighted by molar-refractivity contribution is -0.117. The van der Waals surface area contributed by atoms with Crippen molar-refractivity contribution in [2.24, 2.45) is 5.92 Å². The van der Waals surface area contributed by atoms with Crippen LogP contribution in [0.3, 0.4) is 0 Å². The number of benzene rings is 1. The Labute approximate surface area is 149 Å². The van der Waals surface area contributed by atoms with Crippen molar-refractivity contribution in [3.63, 3.8) is 0 Å². The van der Waals surface area contributed by atoms with Crippen LogP contribution in [0, 0.1) is 5.92 Å². The summed E-state index contributed by atoms with van der Waals surface area (Å²) in [5.74, 6) is 1.92. The lowest BCUT2D eigenvalue weighted by atomic mass is 9.87. The van der Waals surface area contributed by atoms with Crippen LogP contribution in [0.25, 0.3) is 11.3 Å². The minimum Gasteiger partial charge on any atom is -0.334 e. The molecule has 4 nitrogen and oxygen atoms in total. The van der Waals surface area contributed by atoms with Crippen molar-refractivity contribution in [3.8, 4) is 11.3 Å². The number of aromatic nitrogens is 2. The molecule has 132 valence electrons. The van der Waals surface area contributed by atoms with Crippen molar-refractivity contribution in [2.75, 3.05) is 5.32 Å². The fourth-order valence-corrected chi connectivity index (χ4v) is 4.14. The Bertz CT molecular complexity index is 703. The number of amides is 1. The fourth-order valence-electron chi connectivity index (χ4n) is 4.14. The lowest BCUT2D eigenvalue weighted by Crippen LogP contribution is -2.18. The molecule has 0 unspecified atom stereocenters. The molecule has 1 aliphatic carbocycles. The third kappa shape index (κ3) is 3.94. The summed E-state index contributed by atoms with van der Waals surface area (Å²) in [5.41, 5.74) is 3.04. The van der Waals surface area contributed by atoms with E-state index in [1.54, 1.807) is 0 Å². The molecule has 1 saturated carbocycles. The summed E-state index contributed by atoms with van der Waals surface area (Å²) in [6.45, 7) is 1.08. The van der Waals surface area contributed by atoms with Gasteiger partial charge in [0.2, 0.25) is 5.91 Å². The monoisotopic (exact) mass is 337 g/mol. The molecule has 2 aliphatic rings. The number of anilines is 1. The van der Waals surface area contributed by atoms with Crippen LogP contribution in [0.4, 0.5) is 5.69 Å². The van der Waals surface area contributed by atoms with Gasteiger partial charge in [-0.05, 0) is 43.7 Å². The Morgan fingerprint density at radius 3 is 2.64 bits per heavy atom. The van der Waals surface area contributed by atoms with E-state index >= 15 is 0 Å². The Kier molecular flexibility index (Phi) is 4.86. The largest absolute Gasteiger partial charge is 0.334 e. The molecule has 1 amide bonds.